The first-order valence-electron chi connectivity index (χ1n) is 18.5. The second kappa shape index (κ2) is 20.8. The van der Waals surface area contributed by atoms with Crippen LogP contribution < -0.4 is 22.1 Å². The summed E-state index contributed by atoms with van der Waals surface area (Å²) >= 11 is 0. The average Bonchev–Trinajstić information content (AvgIpc) is 3.11. The predicted molar refractivity (Wildman–Crippen MR) is 199 cm³/mol. The molecule has 2 amide bonds. The lowest BCUT2D eigenvalue weighted by atomic mass is 9.86. The molecule has 0 saturated carbocycles. The number of hydrogen-bond acceptors (Lipinski definition) is 8. The van der Waals surface area contributed by atoms with Gasteiger partial charge < -0.3 is 32.1 Å². The normalized spacial score (nSPS) is 16.5. The summed E-state index contributed by atoms with van der Waals surface area (Å²) in [5.74, 6) is -3.00. The van der Waals surface area contributed by atoms with Crippen LogP contribution in [0.2, 0.25) is 0 Å². The van der Waals surface area contributed by atoms with Gasteiger partial charge in [0.05, 0.1) is 12.6 Å². The Morgan fingerprint density at radius 3 is 2.10 bits per heavy atom. The van der Waals surface area contributed by atoms with Crippen LogP contribution in [-0.2, 0) is 30.4 Å². The number of rotatable bonds is 22. The number of aliphatic carboxylic acids is 1. The Kier molecular flexibility index (Phi) is 16.9. The van der Waals surface area contributed by atoms with Crippen molar-refractivity contribution in [2.24, 2.45) is 29.2 Å². The maximum Gasteiger partial charge on any atom is 0.323 e. The first kappa shape index (κ1) is 41.5. The molecule has 1 fully saturated rings. The summed E-state index contributed by atoms with van der Waals surface area (Å²) in [6, 6.07) is 18.8. The van der Waals surface area contributed by atoms with Crippen LogP contribution in [0.5, 0.6) is 0 Å². The molecule has 1 aliphatic rings. The van der Waals surface area contributed by atoms with Crippen molar-refractivity contribution in [3.8, 4) is 0 Å². The summed E-state index contributed by atoms with van der Waals surface area (Å²) in [6.45, 7) is 7.64. The maximum atomic E-state index is 14.0. The van der Waals surface area contributed by atoms with E-state index >= 15 is 0 Å². The smallest absolute Gasteiger partial charge is 0.323 e. The highest BCUT2D eigenvalue weighted by molar-refractivity contribution is 5.94. The number of ketones is 2. The highest BCUT2D eigenvalue weighted by Crippen LogP contribution is 2.25. The largest absolute Gasteiger partial charge is 0.480 e. The van der Waals surface area contributed by atoms with Crippen molar-refractivity contribution in [2.45, 2.75) is 96.1 Å². The zero-order chi connectivity index (χ0) is 37.4. The van der Waals surface area contributed by atoms with Crippen molar-refractivity contribution < 1.29 is 29.1 Å². The summed E-state index contributed by atoms with van der Waals surface area (Å²) in [6.07, 6.45) is 2.76. The van der Waals surface area contributed by atoms with E-state index in [1.165, 1.54) is 5.56 Å². The Morgan fingerprint density at radius 2 is 1.51 bits per heavy atom. The molecule has 11 heteroatoms. The second-order valence-corrected chi connectivity index (χ2v) is 14.7. The molecule has 0 unspecified atom stereocenters. The third-order valence-corrected chi connectivity index (χ3v) is 9.92. The number of likely N-dealkylation sites (tertiary alicyclic amines) is 1. The number of piperidine rings is 1. The van der Waals surface area contributed by atoms with Gasteiger partial charge in [0.25, 0.3) is 0 Å². The van der Waals surface area contributed by atoms with E-state index in [0.717, 1.165) is 5.56 Å². The Morgan fingerprint density at radius 1 is 0.882 bits per heavy atom. The number of nitrogens with zero attached hydrogens (tertiary/aromatic N) is 1. The molecule has 51 heavy (non-hydrogen) atoms. The Balaban J connectivity index is 1.71. The van der Waals surface area contributed by atoms with E-state index in [1.807, 2.05) is 62.4 Å². The van der Waals surface area contributed by atoms with Crippen LogP contribution in [0.1, 0.15) is 89.2 Å². The molecule has 0 bridgehead atoms. The topological polar surface area (TPSA) is 185 Å². The molecule has 7 N–H and O–H groups in total. The number of hydrogen-bond donors (Lipinski definition) is 5. The first-order valence-corrected chi connectivity index (χ1v) is 18.5. The van der Waals surface area contributed by atoms with E-state index in [2.05, 4.69) is 29.7 Å². The van der Waals surface area contributed by atoms with Gasteiger partial charge in [0, 0.05) is 44.3 Å². The number of nitrogens with one attached hydrogen (secondary N) is 2. The van der Waals surface area contributed by atoms with Gasteiger partial charge in [0.15, 0.2) is 5.78 Å². The van der Waals surface area contributed by atoms with Crippen molar-refractivity contribution in [3.05, 3.63) is 71.8 Å². The van der Waals surface area contributed by atoms with Gasteiger partial charge in [-0.25, -0.2) is 0 Å². The fourth-order valence-electron chi connectivity index (χ4n) is 6.69. The number of Topliss-reactive ketones (excluding diaryl/α,β-unsaturated/α-hetero) is 2. The summed E-state index contributed by atoms with van der Waals surface area (Å²) in [5, 5.41) is 15.8. The quantitative estimate of drug-likeness (QED) is 0.114. The van der Waals surface area contributed by atoms with Crippen LogP contribution in [0.25, 0.3) is 0 Å². The molecule has 1 saturated heterocycles. The van der Waals surface area contributed by atoms with Crippen molar-refractivity contribution in [1.29, 1.82) is 0 Å². The van der Waals surface area contributed by atoms with Crippen LogP contribution in [-0.4, -0.2) is 83.7 Å². The highest BCUT2D eigenvalue weighted by Gasteiger charge is 2.40. The maximum absolute atomic E-state index is 14.0. The minimum atomic E-state index is -1.37. The molecular formula is C40H59N5O6. The summed E-state index contributed by atoms with van der Waals surface area (Å²) in [5.41, 5.74) is 12.5. The standard InChI is InChI=1S/C40H59N5O6/c1-28(2)22-35(36(47)25-32(16-10-11-19-41)38(49)45-20-17-40(42,18-21-45)39(50)51)44-37(48)33(23-30-12-6-4-7-13-30)24-34(46)27-43-26-29(3)31-14-8-5-9-15-31/h4-9,12-15,28-29,32-33,35,43H,10-11,16-27,41-42H2,1-3H3,(H,44,48)(H,50,51)/t29-,32+,33+,35-/m1/s1. The third-order valence-electron chi connectivity index (χ3n) is 9.92. The van der Waals surface area contributed by atoms with Gasteiger partial charge in [-0.05, 0) is 68.0 Å². The first-order chi connectivity index (χ1) is 24.3. The van der Waals surface area contributed by atoms with Crippen molar-refractivity contribution in [1.82, 2.24) is 15.5 Å². The monoisotopic (exact) mass is 705 g/mol. The van der Waals surface area contributed by atoms with Gasteiger partial charge in [-0.15, -0.1) is 0 Å². The van der Waals surface area contributed by atoms with Crippen LogP contribution in [0, 0.1) is 17.8 Å². The molecule has 0 aromatic heterocycles. The van der Waals surface area contributed by atoms with Crippen LogP contribution >= 0.6 is 0 Å². The van der Waals surface area contributed by atoms with Crippen molar-refractivity contribution in [3.63, 3.8) is 0 Å². The molecule has 2 aromatic rings. The minimum absolute atomic E-state index is 0.0180. The zero-order valence-electron chi connectivity index (χ0n) is 30.7. The number of carbonyl (C=O) groups is 5. The molecule has 1 heterocycles. The van der Waals surface area contributed by atoms with E-state index in [-0.39, 0.29) is 80.5 Å². The lowest BCUT2D eigenvalue weighted by Crippen LogP contribution is -2.57. The fraction of sp³-hybridized carbons (Fsp3) is 0.575. The van der Waals surface area contributed by atoms with E-state index in [0.29, 0.717) is 45.2 Å². The van der Waals surface area contributed by atoms with E-state index in [4.69, 9.17) is 11.5 Å². The van der Waals surface area contributed by atoms with Crippen LogP contribution in [0.15, 0.2) is 60.7 Å². The summed E-state index contributed by atoms with van der Waals surface area (Å²) < 4.78 is 0. The molecular weight excluding hydrogens is 646 g/mol. The number of carboxylic acid groups (broad SMARTS) is 1. The lowest BCUT2D eigenvalue weighted by molar-refractivity contribution is -0.149. The number of nitrogens with two attached hydrogens (primary N) is 2. The summed E-state index contributed by atoms with van der Waals surface area (Å²) in [4.78, 5) is 68.2. The fourth-order valence-corrected chi connectivity index (χ4v) is 6.69. The molecule has 0 spiro atoms. The Hall–Kier alpha value is -3.93. The number of unbranched alkanes of at least 4 members (excludes halogenated alkanes) is 1. The number of carboxylic acids is 1. The third kappa shape index (κ3) is 13.6. The average molecular weight is 706 g/mol. The molecule has 280 valence electrons. The molecule has 1 aliphatic heterocycles. The minimum Gasteiger partial charge on any atom is -0.480 e. The zero-order valence-corrected chi connectivity index (χ0v) is 30.7. The van der Waals surface area contributed by atoms with E-state index < -0.39 is 29.4 Å². The van der Waals surface area contributed by atoms with Gasteiger partial charge in [-0.2, -0.15) is 0 Å². The lowest BCUT2D eigenvalue weighted by Gasteiger charge is -2.38. The molecule has 4 atom stereocenters. The molecule has 11 nitrogen and oxygen atoms in total. The van der Waals surface area contributed by atoms with Gasteiger partial charge in [0.1, 0.15) is 11.3 Å². The van der Waals surface area contributed by atoms with Crippen molar-refractivity contribution >= 4 is 29.4 Å². The Labute approximate surface area is 303 Å². The second-order valence-electron chi connectivity index (χ2n) is 14.7. The molecule has 2 aromatic carbocycles. The summed E-state index contributed by atoms with van der Waals surface area (Å²) in [7, 11) is 0. The SMILES string of the molecule is CC(C)C[C@@H](NC(=O)[C@H](CC(=O)CNC[C@@H](C)c1ccccc1)Cc1ccccc1)C(=O)C[C@H](CCCCN)C(=O)N1CCC(N)(C(=O)O)CC1. The van der Waals surface area contributed by atoms with Crippen LogP contribution in [0.4, 0.5) is 0 Å². The molecule has 0 aliphatic carbocycles. The predicted octanol–water partition coefficient (Wildman–Crippen LogP) is 3.84. The highest BCUT2D eigenvalue weighted by atomic mass is 16.4. The molecule has 3 rings (SSSR count). The Bertz CT molecular complexity index is 1410. The van der Waals surface area contributed by atoms with Gasteiger partial charge in [-0.1, -0.05) is 87.9 Å². The number of amides is 2. The van der Waals surface area contributed by atoms with Gasteiger partial charge in [0.2, 0.25) is 11.8 Å². The van der Waals surface area contributed by atoms with Crippen molar-refractivity contribution in [2.75, 3.05) is 32.7 Å². The number of carbonyl (C=O) groups excluding carboxylic acids is 4. The molecule has 0 radical (unpaired) electrons. The van der Waals surface area contributed by atoms with Gasteiger partial charge in [-0.3, -0.25) is 24.0 Å². The van der Waals surface area contributed by atoms with Crippen LogP contribution in [0.3, 0.4) is 0 Å². The van der Waals surface area contributed by atoms with E-state index in [9.17, 15) is 29.1 Å². The van der Waals surface area contributed by atoms with E-state index in [1.54, 1.807) is 4.90 Å². The van der Waals surface area contributed by atoms with Gasteiger partial charge >= 0.3 is 5.97 Å². The number of benzene rings is 2.